The third kappa shape index (κ3) is 5.48. The van der Waals surface area contributed by atoms with Crippen molar-refractivity contribution in [3.05, 3.63) is 90.6 Å². The Balaban J connectivity index is 1.98. The normalized spacial score (nSPS) is 15.2. The van der Waals surface area contributed by atoms with Gasteiger partial charge < -0.3 is 19.9 Å². The maximum absolute atomic E-state index is 12.4. The number of benzene rings is 1. The summed E-state index contributed by atoms with van der Waals surface area (Å²) in [6, 6.07) is 10.3. The van der Waals surface area contributed by atoms with Gasteiger partial charge in [0.25, 0.3) is 5.91 Å². The smallest absolute Gasteiger partial charge is 0.254 e. The molecule has 1 amide bonds. The molecule has 2 aromatic rings. The molecule has 1 fully saturated rings. The zero-order chi connectivity index (χ0) is 25.6. The van der Waals surface area contributed by atoms with Crippen LogP contribution in [0.3, 0.4) is 0 Å². The summed E-state index contributed by atoms with van der Waals surface area (Å²) in [4.78, 5) is 26.0. The van der Waals surface area contributed by atoms with E-state index in [2.05, 4.69) is 54.4 Å². The minimum Gasteiger partial charge on any atom is -0.503 e. The van der Waals surface area contributed by atoms with Crippen molar-refractivity contribution < 1.29 is 14.7 Å². The van der Waals surface area contributed by atoms with Gasteiger partial charge in [0.1, 0.15) is 0 Å². The highest BCUT2D eigenvalue weighted by molar-refractivity contribution is 6.24. The number of rotatable bonds is 10. The number of allylic oxidation sites excluding steroid dienone is 3. The molecule has 184 valence electrons. The first-order chi connectivity index (χ1) is 16.7. The number of carbonyl (C=O) groups excluding carboxylic acids is 2. The maximum Gasteiger partial charge on any atom is 0.254 e. The van der Waals surface area contributed by atoms with Crippen LogP contribution in [0.15, 0.2) is 79.4 Å². The van der Waals surface area contributed by atoms with Crippen molar-refractivity contribution in [1.82, 2.24) is 14.8 Å². The van der Waals surface area contributed by atoms with Gasteiger partial charge >= 0.3 is 0 Å². The predicted octanol–water partition coefficient (Wildman–Crippen LogP) is 5.13. The molecule has 1 aromatic heterocycles. The first kappa shape index (κ1) is 25.8. The van der Waals surface area contributed by atoms with E-state index in [4.69, 9.17) is 0 Å². The summed E-state index contributed by atoms with van der Waals surface area (Å²) in [7, 11) is 3.25. The fraction of sp³-hybridized carbons (Fsp3) is 0.310. The van der Waals surface area contributed by atoms with Gasteiger partial charge in [0, 0.05) is 49.9 Å². The van der Waals surface area contributed by atoms with E-state index >= 15 is 0 Å². The Morgan fingerprint density at radius 2 is 1.89 bits per heavy atom. The molecular formula is C29H35N3O3. The van der Waals surface area contributed by atoms with Crippen molar-refractivity contribution >= 4 is 17.8 Å². The average molecular weight is 474 g/mol. The Morgan fingerprint density at radius 1 is 1.23 bits per heavy atom. The molecule has 1 aromatic carbocycles. The zero-order valence-electron chi connectivity index (χ0n) is 20.9. The number of nitrogens with zero attached hydrogens (tertiary/aromatic N) is 2. The third-order valence-electron chi connectivity index (χ3n) is 6.72. The first-order valence-electron chi connectivity index (χ1n) is 11.9. The van der Waals surface area contributed by atoms with Crippen LogP contribution in [0.4, 0.5) is 0 Å². The van der Waals surface area contributed by atoms with E-state index < -0.39 is 17.4 Å². The van der Waals surface area contributed by atoms with Gasteiger partial charge in [-0.05, 0) is 25.3 Å². The van der Waals surface area contributed by atoms with Crippen LogP contribution in [0.25, 0.3) is 17.2 Å². The van der Waals surface area contributed by atoms with Gasteiger partial charge in [0.2, 0.25) is 5.78 Å². The fourth-order valence-corrected chi connectivity index (χ4v) is 5.03. The fourth-order valence-electron chi connectivity index (χ4n) is 5.03. The van der Waals surface area contributed by atoms with Crippen molar-refractivity contribution in [2.45, 2.75) is 38.1 Å². The lowest BCUT2D eigenvalue weighted by atomic mass is 9.95. The van der Waals surface area contributed by atoms with E-state index in [1.165, 1.54) is 13.2 Å². The predicted molar refractivity (Wildman–Crippen MR) is 142 cm³/mol. The SMILES string of the molecule is C=C/C=C\c1c(-c2ccccc2)cn(C2(CN(C)/C=C(/O)C(=O)C(=C)C(=O)NC)CCCC2)c1C. The molecule has 2 N–H and O–H groups in total. The largest absolute Gasteiger partial charge is 0.503 e. The van der Waals surface area contributed by atoms with E-state index in [0.717, 1.165) is 48.1 Å². The Kier molecular flexibility index (Phi) is 8.18. The van der Waals surface area contributed by atoms with E-state index in [1.54, 1.807) is 6.08 Å². The van der Waals surface area contributed by atoms with Crippen LogP contribution in [0.2, 0.25) is 0 Å². The van der Waals surface area contributed by atoms with Gasteiger partial charge in [-0.25, -0.2) is 0 Å². The number of amides is 1. The summed E-state index contributed by atoms with van der Waals surface area (Å²) < 4.78 is 2.37. The Labute approximate surface area is 208 Å². The summed E-state index contributed by atoms with van der Waals surface area (Å²) in [5.41, 5.74) is 4.13. The first-order valence-corrected chi connectivity index (χ1v) is 11.9. The highest BCUT2D eigenvalue weighted by atomic mass is 16.3. The number of carbonyl (C=O) groups is 2. The minimum atomic E-state index is -0.781. The van der Waals surface area contributed by atoms with Crippen molar-refractivity contribution in [1.29, 1.82) is 0 Å². The molecule has 0 bridgehead atoms. The number of hydrogen-bond acceptors (Lipinski definition) is 4. The van der Waals surface area contributed by atoms with E-state index in [0.29, 0.717) is 6.54 Å². The number of aliphatic hydroxyl groups is 1. The number of nitrogens with one attached hydrogen (secondary N) is 1. The molecule has 0 radical (unpaired) electrons. The lowest BCUT2D eigenvalue weighted by Crippen LogP contribution is -2.41. The van der Waals surface area contributed by atoms with Crippen molar-refractivity contribution in [3.8, 4) is 11.1 Å². The number of aromatic nitrogens is 1. The number of likely N-dealkylation sites (N-methyl/N-ethyl adjacent to an activating group) is 2. The monoisotopic (exact) mass is 473 g/mol. The highest BCUT2D eigenvalue weighted by Crippen LogP contribution is 2.42. The van der Waals surface area contributed by atoms with Crippen LogP contribution in [-0.4, -0.2) is 46.9 Å². The number of ketones is 1. The molecule has 0 unspecified atom stereocenters. The molecule has 0 saturated heterocycles. The topological polar surface area (TPSA) is 74.6 Å². The standard InChI is InChI=1S/C29H35N3O3/c1-6-7-15-24-22(3)32(18-25(24)23-13-9-8-10-14-23)29(16-11-12-17-29)20-31(5)19-26(33)27(34)21(2)28(35)30-4/h6-10,13-15,18-19,33H,1-2,11-12,16-17,20H2,3-5H3,(H,30,35)/b15-7-,26-19+. The van der Waals surface area contributed by atoms with E-state index in [1.807, 2.05) is 36.2 Å². The molecule has 6 nitrogen and oxygen atoms in total. The average Bonchev–Trinajstić information content (AvgIpc) is 3.46. The lowest BCUT2D eigenvalue weighted by Gasteiger charge is -2.36. The molecule has 6 heteroatoms. The van der Waals surface area contributed by atoms with Crippen LogP contribution in [0.5, 0.6) is 0 Å². The van der Waals surface area contributed by atoms with Crippen LogP contribution in [0, 0.1) is 6.92 Å². The van der Waals surface area contributed by atoms with Gasteiger partial charge in [-0.15, -0.1) is 0 Å². The van der Waals surface area contributed by atoms with Gasteiger partial charge in [0.05, 0.1) is 11.1 Å². The van der Waals surface area contributed by atoms with Crippen molar-refractivity contribution in [2.24, 2.45) is 0 Å². The van der Waals surface area contributed by atoms with Crippen LogP contribution in [0.1, 0.15) is 36.9 Å². The van der Waals surface area contributed by atoms with Crippen LogP contribution in [-0.2, 0) is 15.1 Å². The molecule has 1 aliphatic rings. The van der Waals surface area contributed by atoms with Crippen LogP contribution >= 0.6 is 0 Å². The van der Waals surface area contributed by atoms with E-state index in [9.17, 15) is 14.7 Å². The molecule has 0 aliphatic heterocycles. The number of hydrogen-bond donors (Lipinski definition) is 2. The summed E-state index contributed by atoms with van der Waals surface area (Å²) in [6.45, 7) is 10.1. The second-order valence-electron chi connectivity index (χ2n) is 9.12. The van der Waals surface area contributed by atoms with Crippen molar-refractivity contribution in [2.75, 3.05) is 20.6 Å². The molecule has 0 spiro atoms. The molecule has 3 rings (SSSR count). The van der Waals surface area contributed by atoms with Gasteiger partial charge in [-0.3, -0.25) is 9.59 Å². The van der Waals surface area contributed by atoms with Gasteiger partial charge in [0.15, 0.2) is 5.76 Å². The molecule has 35 heavy (non-hydrogen) atoms. The summed E-state index contributed by atoms with van der Waals surface area (Å²) in [5, 5.41) is 12.7. The van der Waals surface area contributed by atoms with Gasteiger partial charge in [-0.1, -0.05) is 74.6 Å². The molecule has 1 saturated carbocycles. The molecule has 0 atom stereocenters. The quantitative estimate of drug-likeness (QED) is 0.165. The molecule has 1 aliphatic carbocycles. The zero-order valence-corrected chi connectivity index (χ0v) is 20.9. The third-order valence-corrected chi connectivity index (χ3v) is 6.72. The maximum atomic E-state index is 12.4. The lowest BCUT2D eigenvalue weighted by molar-refractivity contribution is -0.121. The summed E-state index contributed by atoms with van der Waals surface area (Å²) in [5.74, 6) is -1.89. The van der Waals surface area contributed by atoms with Gasteiger partial charge in [-0.2, -0.15) is 0 Å². The number of Topliss-reactive ketones (excluding diaryl/α,β-unsaturated/α-hetero) is 1. The van der Waals surface area contributed by atoms with Crippen molar-refractivity contribution in [3.63, 3.8) is 0 Å². The Morgan fingerprint density at radius 3 is 2.49 bits per heavy atom. The number of aliphatic hydroxyl groups excluding tert-OH is 1. The van der Waals surface area contributed by atoms with Crippen LogP contribution < -0.4 is 5.32 Å². The highest BCUT2D eigenvalue weighted by Gasteiger charge is 2.38. The summed E-state index contributed by atoms with van der Waals surface area (Å²) >= 11 is 0. The Hall–Kier alpha value is -3.80. The minimum absolute atomic E-state index is 0.194. The van der Waals surface area contributed by atoms with E-state index in [-0.39, 0.29) is 11.1 Å². The second kappa shape index (κ2) is 11.1. The second-order valence-corrected chi connectivity index (χ2v) is 9.12. The molecular weight excluding hydrogens is 438 g/mol. The summed E-state index contributed by atoms with van der Waals surface area (Å²) in [6.07, 6.45) is 13.6. The Bertz CT molecular complexity index is 1170. The molecule has 1 heterocycles.